The van der Waals surface area contributed by atoms with Crippen molar-refractivity contribution in [3.05, 3.63) is 33.0 Å². The van der Waals surface area contributed by atoms with Gasteiger partial charge < -0.3 is 0 Å². The Balaban J connectivity index is 2.58. The maximum Gasteiger partial charge on any atom is 0.216 e. The Labute approximate surface area is 101 Å². The lowest BCUT2D eigenvalue weighted by Gasteiger charge is -2.00. The minimum atomic E-state index is 0.558. The van der Waals surface area contributed by atoms with E-state index >= 15 is 0 Å². The first-order chi connectivity index (χ1) is 7.06. The minimum absolute atomic E-state index is 0.558. The molecule has 2 aromatic rings. The van der Waals surface area contributed by atoms with Gasteiger partial charge in [-0.15, -0.1) is 0 Å². The number of halogens is 1. The standard InChI is InChI=1S/C10H10BrN3S/c1-6-3-7(5-8(11)4-6)9-12-10(15)14(2)13-9/h3-5H,1-2H3,(H,12,13,15). The first-order valence-electron chi connectivity index (χ1n) is 4.47. The van der Waals surface area contributed by atoms with Gasteiger partial charge in [-0.25, -0.2) is 0 Å². The quantitative estimate of drug-likeness (QED) is 0.816. The average Bonchev–Trinajstić information content (AvgIpc) is 2.45. The van der Waals surface area contributed by atoms with Crippen molar-refractivity contribution in [3.63, 3.8) is 0 Å². The fourth-order valence-electron chi connectivity index (χ4n) is 1.40. The van der Waals surface area contributed by atoms with Gasteiger partial charge in [0.15, 0.2) is 5.82 Å². The van der Waals surface area contributed by atoms with Gasteiger partial charge in [-0.2, -0.15) is 4.98 Å². The van der Waals surface area contributed by atoms with Crippen LogP contribution >= 0.6 is 28.1 Å². The third-order valence-corrected chi connectivity index (χ3v) is 2.91. The molecule has 0 spiro atoms. The Morgan fingerprint density at radius 3 is 2.67 bits per heavy atom. The van der Waals surface area contributed by atoms with E-state index in [1.54, 1.807) is 4.68 Å². The highest BCUT2D eigenvalue weighted by atomic mass is 79.9. The molecular formula is C10H10BrN3S. The summed E-state index contributed by atoms with van der Waals surface area (Å²) in [4.78, 5) is 4.26. The van der Waals surface area contributed by atoms with Crippen LogP contribution in [0.2, 0.25) is 0 Å². The van der Waals surface area contributed by atoms with Gasteiger partial charge in [-0.05, 0) is 42.9 Å². The smallest absolute Gasteiger partial charge is 0.216 e. The van der Waals surface area contributed by atoms with Crippen LogP contribution in [0.25, 0.3) is 11.4 Å². The zero-order chi connectivity index (χ0) is 11.0. The number of nitrogens with zero attached hydrogens (tertiary/aromatic N) is 2. The fraction of sp³-hybridized carbons (Fsp3) is 0.200. The molecule has 0 aliphatic heterocycles. The summed E-state index contributed by atoms with van der Waals surface area (Å²) in [6.45, 7) is 2.05. The van der Waals surface area contributed by atoms with Crippen LogP contribution in [0.15, 0.2) is 22.7 Å². The molecule has 0 saturated carbocycles. The van der Waals surface area contributed by atoms with Gasteiger partial charge in [0.25, 0.3) is 0 Å². The second kappa shape index (κ2) is 3.90. The number of hydrogen-bond donors (Lipinski definition) is 1. The Hall–Kier alpha value is -0.940. The van der Waals surface area contributed by atoms with Crippen molar-refractivity contribution in [2.24, 2.45) is 7.05 Å². The van der Waals surface area contributed by atoms with Crippen molar-refractivity contribution in [2.75, 3.05) is 0 Å². The van der Waals surface area contributed by atoms with Crippen LogP contribution < -0.4 is 0 Å². The van der Waals surface area contributed by atoms with Crippen molar-refractivity contribution in [1.29, 1.82) is 0 Å². The minimum Gasteiger partial charge on any atom is -0.279 e. The Bertz CT molecular complexity index is 536. The number of benzene rings is 1. The SMILES string of the molecule is Cc1cc(Br)cc(-c2nc(=S)n(C)[nH]2)c1. The number of nitrogens with one attached hydrogen (secondary N) is 1. The summed E-state index contributed by atoms with van der Waals surface area (Å²) >= 11 is 8.51. The van der Waals surface area contributed by atoms with E-state index in [4.69, 9.17) is 12.2 Å². The molecule has 0 bridgehead atoms. The largest absolute Gasteiger partial charge is 0.279 e. The van der Waals surface area contributed by atoms with Crippen molar-refractivity contribution in [2.45, 2.75) is 6.92 Å². The molecule has 0 saturated heterocycles. The third-order valence-electron chi connectivity index (χ3n) is 2.08. The van der Waals surface area contributed by atoms with Crippen LogP contribution in [0.1, 0.15) is 5.56 Å². The summed E-state index contributed by atoms with van der Waals surface area (Å²) in [5.74, 6) is 0.798. The van der Waals surface area contributed by atoms with E-state index in [2.05, 4.69) is 38.1 Å². The van der Waals surface area contributed by atoms with Crippen LogP contribution in [-0.2, 0) is 7.05 Å². The molecular weight excluding hydrogens is 274 g/mol. The number of rotatable bonds is 1. The normalized spacial score (nSPS) is 10.6. The summed E-state index contributed by atoms with van der Waals surface area (Å²) in [6, 6.07) is 6.14. The average molecular weight is 284 g/mol. The van der Waals surface area contributed by atoms with Crippen LogP contribution in [0.4, 0.5) is 0 Å². The molecule has 1 aromatic carbocycles. The number of H-pyrrole nitrogens is 1. The van der Waals surface area contributed by atoms with Crippen LogP contribution in [0, 0.1) is 11.7 Å². The van der Waals surface area contributed by atoms with E-state index in [0.29, 0.717) is 4.77 Å². The highest BCUT2D eigenvalue weighted by molar-refractivity contribution is 9.10. The third kappa shape index (κ3) is 2.18. The second-order valence-corrected chi connectivity index (χ2v) is 4.71. The molecule has 5 heteroatoms. The summed E-state index contributed by atoms with van der Waals surface area (Å²) in [5.41, 5.74) is 2.22. The molecule has 3 nitrogen and oxygen atoms in total. The molecule has 0 atom stereocenters. The van der Waals surface area contributed by atoms with Gasteiger partial charge in [-0.1, -0.05) is 15.9 Å². The topological polar surface area (TPSA) is 33.6 Å². The molecule has 0 aliphatic carbocycles. The molecule has 0 unspecified atom stereocenters. The molecule has 78 valence electrons. The monoisotopic (exact) mass is 283 g/mol. The number of aromatic amines is 1. The van der Waals surface area contributed by atoms with Gasteiger partial charge in [0.05, 0.1) is 0 Å². The highest BCUT2D eigenvalue weighted by Gasteiger charge is 2.04. The number of aromatic nitrogens is 3. The molecule has 1 heterocycles. The van der Waals surface area contributed by atoms with Crippen LogP contribution in [0.5, 0.6) is 0 Å². The Kier molecular flexibility index (Phi) is 2.75. The second-order valence-electron chi connectivity index (χ2n) is 3.43. The molecule has 1 N–H and O–H groups in total. The zero-order valence-electron chi connectivity index (χ0n) is 8.41. The van der Waals surface area contributed by atoms with Gasteiger partial charge in [0, 0.05) is 17.1 Å². The summed E-state index contributed by atoms with van der Waals surface area (Å²) in [6.07, 6.45) is 0. The van der Waals surface area contributed by atoms with E-state index in [9.17, 15) is 0 Å². The van der Waals surface area contributed by atoms with Crippen molar-refractivity contribution >= 4 is 28.1 Å². The first-order valence-corrected chi connectivity index (χ1v) is 5.67. The number of hydrogen-bond acceptors (Lipinski definition) is 2. The fourth-order valence-corrected chi connectivity index (χ4v) is 2.15. The van der Waals surface area contributed by atoms with Gasteiger partial charge in [0.2, 0.25) is 4.77 Å². The molecule has 0 radical (unpaired) electrons. The lowest BCUT2D eigenvalue weighted by molar-refractivity contribution is 0.756. The predicted molar refractivity (Wildman–Crippen MR) is 66.3 cm³/mol. The van der Waals surface area contributed by atoms with E-state index in [0.717, 1.165) is 15.9 Å². The maximum absolute atomic E-state index is 5.05. The predicted octanol–water partition coefficient (Wildman–Crippen LogP) is 3.22. The van der Waals surface area contributed by atoms with Crippen LogP contribution in [-0.4, -0.2) is 14.8 Å². The molecule has 0 amide bonds. The molecule has 1 aromatic heterocycles. The maximum atomic E-state index is 5.05. The lowest BCUT2D eigenvalue weighted by atomic mass is 10.1. The summed E-state index contributed by atoms with van der Waals surface area (Å²) in [5, 5.41) is 3.10. The van der Waals surface area contributed by atoms with E-state index in [-0.39, 0.29) is 0 Å². The van der Waals surface area contributed by atoms with Crippen LogP contribution in [0.3, 0.4) is 0 Å². The molecule has 0 fully saturated rings. The van der Waals surface area contributed by atoms with E-state index in [1.807, 2.05) is 20.0 Å². The highest BCUT2D eigenvalue weighted by Crippen LogP contribution is 2.22. The lowest BCUT2D eigenvalue weighted by Crippen LogP contribution is -1.89. The van der Waals surface area contributed by atoms with E-state index in [1.165, 1.54) is 5.56 Å². The summed E-state index contributed by atoms with van der Waals surface area (Å²) < 4.78 is 3.33. The van der Waals surface area contributed by atoms with Gasteiger partial charge >= 0.3 is 0 Å². The van der Waals surface area contributed by atoms with Gasteiger partial charge in [-0.3, -0.25) is 9.78 Å². The zero-order valence-corrected chi connectivity index (χ0v) is 10.8. The Morgan fingerprint density at radius 2 is 2.13 bits per heavy atom. The molecule has 0 aliphatic rings. The van der Waals surface area contributed by atoms with Gasteiger partial charge in [0.1, 0.15) is 0 Å². The number of aryl methyl sites for hydroxylation is 2. The Morgan fingerprint density at radius 1 is 1.40 bits per heavy atom. The molecule has 15 heavy (non-hydrogen) atoms. The molecule has 2 rings (SSSR count). The van der Waals surface area contributed by atoms with Crippen molar-refractivity contribution in [1.82, 2.24) is 14.8 Å². The van der Waals surface area contributed by atoms with E-state index < -0.39 is 0 Å². The van der Waals surface area contributed by atoms with Crippen molar-refractivity contribution < 1.29 is 0 Å². The van der Waals surface area contributed by atoms with Crippen molar-refractivity contribution in [3.8, 4) is 11.4 Å². The summed E-state index contributed by atoms with van der Waals surface area (Å²) in [7, 11) is 1.85. The first kappa shape index (κ1) is 10.6.